The van der Waals surface area contributed by atoms with Gasteiger partial charge in [-0.2, -0.15) is 5.10 Å². The van der Waals surface area contributed by atoms with Crippen LogP contribution < -0.4 is 10.6 Å². The highest BCUT2D eigenvalue weighted by molar-refractivity contribution is 5.88. The number of amides is 2. The molecule has 132 valence electrons. The van der Waals surface area contributed by atoms with Crippen LogP contribution in [0.3, 0.4) is 0 Å². The maximum atomic E-state index is 12.1. The molecule has 0 fully saturated rings. The Morgan fingerprint density at radius 3 is 2.62 bits per heavy atom. The topological polar surface area (TPSA) is 88.2 Å². The lowest BCUT2D eigenvalue weighted by atomic mass is 9.93. The summed E-state index contributed by atoms with van der Waals surface area (Å²) in [6.07, 6.45) is 3.75. The van der Waals surface area contributed by atoms with Gasteiger partial charge in [0.25, 0.3) is 0 Å². The van der Waals surface area contributed by atoms with Gasteiger partial charge in [0.15, 0.2) is 5.82 Å². The van der Waals surface area contributed by atoms with Gasteiger partial charge in [0.05, 0.1) is 12.2 Å². The van der Waals surface area contributed by atoms with Gasteiger partial charge in [-0.25, -0.2) is 4.79 Å². The Bertz CT molecular complexity index is 683. The first-order valence-corrected chi connectivity index (χ1v) is 7.84. The maximum Gasteiger partial charge on any atom is 0.320 e. The van der Waals surface area contributed by atoms with Crippen LogP contribution in [0.4, 0.5) is 10.6 Å². The van der Waals surface area contributed by atoms with Crippen LogP contribution in [-0.2, 0) is 12.5 Å². The highest BCUT2D eigenvalue weighted by Crippen LogP contribution is 2.24. The van der Waals surface area contributed by atoms with Crippen LogP contribution in [0, 0.1) is 0 Å². The molecule has 0 bridgehead atoms. The van der Waals surface area contributed by atoms with E-state index in [1.807, 2.05) is 53.0 Å². The zero-order valence-electron chi connectivity index (χ0n) is 15.1. The number of carbonyl (C=O) groups excluding carboxylic acids is 1. The van der Waals surface area contributed by atoms with E-state index in [0.29, 0.717) is 12.4 Å². The summed E-state index contributed by atoms with van der Waals surface area (Å²) < 4.78 is 7.00. The van der Waals surface area contributed by atoms with Crippen LogP contribution >= 0.6 is 0 Å². The third-order valence-corrected chi connectivity index (χ3v) is 3.68. The first-order chi connectivity index (χ1) is 11.2. The lowest BCUT2D eigenvalue weighted by molar-refractivity contribution is 0.243. The monoisotopic (exact) mass is 334 g/mol. The van der Waals surface area contributed by atoms with Gasteiger partial charge >= 0.3 is 6.03 Å². The fourth-order valence-electron chi connectivity index (χ4n) is 2.25. The van der Waals surface area contributed by atoms with E-state index in [1.165, 1.54) is 0 Å². The third kappa shape index (κ3) is 4.58. The molecule has 0 spiro atoms. The quantitative estimate of drug-likeness (QED) is 0.874. The molecule has 0 aliphatic carbocycles. The number of hydrogen-bond acceptors (Lipinski definition) is 5. The zero-order valence-corrected chi connectivity index (χ0v) is 15.1. The van der Waals surface area contributed by atoms with Crippen molar-refractivity contribution in [1.29, 1.82) is 0 Å². The predicted molar refractivity (Wildman–Crippen MR) is 91.9 cm³/mol. The highest BCUT2D eigenvalue weighted by Gasteiger charge is 2.21. The molecule has 0 radical (unpaired) electrons. The molecule has 2 aromatic heterocycles. The molecule has 24 heavy (non-hydrogen) atoms. The standard InChI is InChI=1S/C16H26N6O2/c1-16(2,3)13-7-14(20-24-13)19-15(23)17-9-12(21(4)5)11-8-18-22(6)10-11/h7-8,10,12H,9H2,1-6H3,(H2,17,19,20,23). The average Bonchev–Trinajstić information content (AvgIpc) is 3.07. The van der Waals surface area contributed by atoms with Crippen LogP contribution in [0.1, 0.15) is 38.1 Å². The summed E-state index contributed by atoms with van der Waals surface area (Å²) in [4.78, 5) is 14.1. The summed E-state index contributed by atoms with van der Waals surface area (Å²) in [6, 6.07) is 1.45. The summed E-state index contributed by atoms with van der Waals surface area (Å²) in [5.74, 6) is 1.12. The van der Waals surface area contributed by atoms with Crippen molar-refractivity contribution in [3.05, 3.63) is 29.8 Å². The Balaban J connectivity index is 1.93. The molecule has 8 heteroatoms. The van der Waals surface area contributed by atoms with Crippen molar-refractivity contribution in [2.24, 2.45) is 7.05 Å². The van der Waals surface area contributed by atoms with Crippen molar-refractivity contribution in [3.8, 4) is 0 Å². The van der Waals surface area contributed by atoms with Gasteiger partial charge < -0.3 is 14.7 Å². The summed E-state index contributed by atoms with van der Waals surface area (Å²) in [5.41, 5.74) is 0.888. The van der Waals surface area contributed by atoms with E-state index in [1.54, 1.807) is 16.9 Å². The Morgan fingerprint density at radius 1 is 1.42 bits per heavy atom. The summed E-state index contributed by atoms with van der Waals surface area (Å²) in [5, 5.41) is 13.6. The van der Waals surface area contributed by atoms with Gasteiger partial charge in [-0.05, 0) is 14.1 Å². The first kappa shape index (κ1) is 18.0. The third-order valence-electron chi connectivity index (χ3n) is 3.68. The molecule has 2 rings (SSSR count). The molecule has 0 aromatic carbocycles. The molecule has 8 nitrogen and oxygen atoms in total. The van der Waals surface area contributed by atoms with Gasteiger partial charge in [0, 0.05) is 36.8 Å². The first-order valence-electron chi connectivity index (χ1n) is 7.84. The van der Waals surface area contributed by atoms with E-state index in [9.17, 15) is 4.79 Å². The van der Waals surface area contributed by atoms with E-state index < -0.39 is 0 Å². The van der Waals surface area contributed by atoms with Gasteiger partial charge in [0.1, 0.15) is 5.76 Å². The summed E-state index contributed by atoms with van der Waals surface area (Å²) in [7, 11) is 5.79. The lowest BCUT2D eigenvalue weighted by Crippen LogP contribution is -2.36. The number of anilines is 1. The van der Waals surface area contributed by atoms with Crippen molar-refractivity contribution in [2.45, 2.75) is 32.2 Å². The summed E-state index contributed by atoms with van der Waals surface area (Å²) in [6.45, 7) is 6.52. The van der Waals surface area contributed by atoms with Crippen LogP contribution in [0.15, 0.2) is 23.0 Å². The number of nitrogens with one attached hydrogen (secondary N) is 2. The normalized spacial score (nSPS) is 13.1. The molecule has 2 heterocycles. The minimum absolute atomic E-state index is 0.0342. The van der Waals surface area contributed by atoms with Crippen LogP contribution in [-0.4, -0.2) is 46.5 Å². The largest absolute Gasteiger partial charge is 0.359 e. The molecule has 2 amide bonds. The van der Waals surface area contributed by atoms with E-state index in [4.69, 9.17) is 4.52 Å². The van der Waals surface area contributed by atoms with Gasteiger partial charge in [0.2, 0.25) is 0 Å². The number of nitrogens with zero attached hydrogens (tertiary/aromatic N) is 4. The van der Waals surface area contributed by atoms with Crippen LogP contribution in [0.5, 0.6) is 0 Å². The molecule has 1 unspecified atom stereocenters. The Kier molecular flexibility index (Phi) is 5.28. The molecule has 0 aliphatic rings. The molecular formula is C16H26N6O2. The van der Waals surface area contributed by atoms with Crippen molar-refractivity contribution in [3.63, 3.8) is 0 Å². The number of carbonyl (C=O) groups is 1. The second-order valence-electron chi connectivity index (χ2n) is 7.09. The van der Waals surface area contributed by atoms with Crippen molar-refractivity contribution in [1.82, 2.24) is 25.2 Å². The molecule has 0 saturated carbocycles. The SMILES string of the molecule is CN(C)C(CNC(=O)Nc1cc(C(C)(C)C)on1)c1cnn(C)c1. The molecule has 0 aliphatic heterocycles. The predicted octanol–water partition coefficient (Wildman–Crippen LogP) is 2.13. The minimum Gasteiger partial charge on any atom is -0.359 e. The fourth-order valence-corrected chi connectivity index (χ4v) is 2.25. The molecule has 0 saturated heterocycles. The molecular weight excluding hydrogens is 308 g/mol. The van der Waals surface area contributed by atoms with E-state index in [0.717, 1.165) is 11.3 Å². The number of urea groups is 1. The Morgan fingerprint density at radius 2 is 2.12 bits per heavy atom. The number of aryl methyl sites for hydroxylation is 1. The Hall–Kier alpha value is -2.35. The maximum absolute atomic E-state index is 12.1. The van der Waals surface area contributed by atoms with Crippen LogP contribution in [0.25, 0.3) is 0 Å². The minimum atomic E-state index is -0.320. The zero-order chi connectivity index (χ0) is 17.9. The van der Waals surface area contributed by atoms with E-state index >= 15 is 0 Å². The van der Waals surface area contributed by atoms with Gasteiger partial charge in [-0.15, -0.1) is 0 Å². The number of likely N-dealkylation sites (N-methyl/N-ethyl adjacent to an activating group) is 1. The average molecular weight is 334 g/mol. The lowest BCUT2D eigenvalue weighted by Gasteiger charge is -2.23. The smallest absolute Gasteiger partial charge is 0.320 e. The second kappa shape index (κ2) is 7.04. The number of hydrogen-bond donors (Lipinski definition) is 2. The van der Waals surface area contributed by atoms with E-state index in [-0.39, 0.29) is 17.5 Å². The highest BCUT2D eigenvalue weighted by atomic mass is 16.5. The second-order valence-corrected chi connectivity index (χ2v) is 7.09. The molecule has 2 aromatic rings. The number of rotatable bonds is 5. The van der Waals surface area contributed by atoms with Crippen molar-refractivity contribution < 1.29 is 9.32 Å². The van der Waals surface area contributed by atoms with Gasteiger partial charge in [-0.3, -0.25) is 10.00 Å². The Labute approximate surface area is 142 Å². The molecule has 1 atom stereocenters. The fraction of sp³-hybridized carbons (Fsp3) is 0.562. The molecule has 2 N–H and O–H groups in total. The van der Waals surface area contributed by atoms with Gasteiger partial charge in [-0.1, -0.05) is 25.9 Å². The van der Waals surface area contributed by atoms with E-state index in [2.05, 4.69) is 20.9 Å². The number of aromatic nitrogens is 3. The van der Waals surface area contributed by atoms with Crippen LogP contribution in [0.2, 0.25) is 0 Å². The summed E-state index contributed by atoms with van der Waals surface area (Å²) >= 11 is 0. The van der Waals surface area contributed by atoms with Crippen molar-refractivity contribution >= 4 is 11.8 Å². The van der Waals surface area contributed by atoms with Crippen molar-refractivity contribution in [2.75, 3.05) is 26.0 Å².